The minimum Gasteiger partial charge on any atom is -0.497 e. The first-order valence-corrected chi connectivity index (χ1v) is 12.4. The van der Waals surface area contributed by atoms with Crippen LogP contribution in [-0.2, 0) is 13.7 Å². The van der Waals surface area contributed by atoms with E-state index in [1.54, 1.807) is 36.4 Å². The van der Waals surface area contributed by atoms with E-state index in [0.29, 0.717) is 11.3 Å². The monoisotopic (exact) mass is 442 g/mol. The molecule has 2 N–H and O–H groups in total. The molecule has 0 atom stereocenters. The minimum atomic E-state index is -4.17. The van der Waals surface area contributed by atoms with Gasteiger partial charge in [-0.2, -0.15) is 8.42 Å². The number of benzene rings is 2. The third-order valence-electron chi connectivity index (χ3n) is 4.28. The number of rotatable bonds is 11. The van der Waals surface area contributed by atoms with Crippen molar-refractivity contribution in [2.24, 2.45) is 0 Å². The molecule has 0 bridgehead atoms. The number of ketones is 1. The molecule has 0 amide bonds. The summed E-state index contributed by atoms with van der Waals surface area (Å²) in [4.78, 5) is 12.8. The van der Waals surface area contributed by atoms with Crippen LogP contribution in [0.25, 0.3) is 0 Å². The molecule has 0 spiro atoms. The Morgan fingerprint density at radius 1 is 0.931 bits per heavy atom. The standard InChI is InChI=1S/C20H26O7S2/c1-16-3-9-19(10-4-16)29(24,25)27-28(13-11-21,14-12-22)15-20(23)17-5-7-18(26-2)8-6-17/h3-10,21-22H,11-15H2,1-2H3. The van der Waals surface area contributed by atoms with Crippen LogP contribution in [-0.4, -0.2) is 62.0 Å². The molecular formula is C20H26O7S2. The van der Waals surface area contributed by atoms with E-state index >= 15 is 0 Å². The van der Waals surface area contributed by atoms with Crippen molar-refractivity contribution >= 4 is 26.2 Å². The van der Waals surface area contributed by atoms with Crippen molar-refractivity contribution in [3.05, 3.63) is 59.7 Å². The van der Waals surface area contributed by atoms with Crippen LogP contribution in [0.1, 0.15) is 15.9 Å². The number of hydrogen-bond acceptors (Lipinski definition) is 7. The Hall–Kier alpha value is -1.91. The third kappa shape index (κ3) is 6.28. The maximum absolute atomic E-state index is 12.8. The first-order valence-electron chi connectivity index (χ1n) is 8.93. The molecule has 9 heteroatoms. The molecule has 0 aliphatic rings. The number of hydrogen-bond donors (Lipinski definition) is 2. The molecule has 0 aliphatic carbocycles. The van der Waals surface area contributed by atoms with Gasteiger partial charge in [0.05, 0.1) is 31.0 Å². The SMILES string of the molecule is COc1ccc(C(=O)CS(CCO)(CCO)OS(=O)(=O)c2ccc(C)cc2)cc1. The van der Waals surface area contributed by atoms with Gasteiger partial charge in [-0.1, -0.05) is 17.7 Å². The predicted molar refractivity (Wildman–Crippen MR) is 113 cm³/mol. The molecule has 0 heterocycles. The second-order valence-corrected chi connectivity index (χ2v) is 11.4. The van der Waals surface area contributed by atoms with Gasteiger partial charge < -0.3 is 14.9 Å². The molecule has 160 valence electrons. The number of methoxy groups -OCH3 is 1. The highest BCUT2D eigenvalue weighted by Gasteiger charge is 2.34. The zero-order chi connectivity index (χ0) is 21.5. The van der Waals surface area contributed by atoms with E-state index in [-0.39, 0.29) is 41.2 Å². The lowest BCUT2D eigenvalue weighted by molar-refractivity contribution is 0.102. The number of carbonyl (C=O) groups is 1. The second kappa shape index (κ2) is 10.2. The van der Waals surface area contributed by atoms with Crippen LogP contribution in [0.5, 0.6) is 5.75 Å². The Balaban J connectivity index is 2.33. The maximum atomic E-state index is 12.8. The van der Waals surface area contributed by atoms with Crippen molar-refractivity contribution in [1.29, 1.82) is 0 Å². The smallest absolute Gasteiger partial charge is 0.306 e. The average Bonchev–Trinajstić information content (AvgIpc) is 2.68. The molecule has 7 nitrogen and oxygen atoms in total. The van der Waals surface area contributed by atoms with E-state index in [1.165, 1.54) is 19.2 Å². The van der Waals surface area contributed by atoms with Gasteiger partial charge in [-0.25, -0.2) is 3.63 Å². The Kier molecular flexibility index (Phi) is 8.23. The Bertz CT molecular complexity index is 901. The number of aryl methyl sites for hydroxylation is 1. The van der Waals surface area contributed by atoms with Crippen LogP contribution >= 0.6 is 10.3 Å². The highest BCUT2D eigenvalue weighted by Crippen LogP contribution is 2.51. The first-order chi connectivity index (χ1) is 13.7. The summed E-state index contributed by atoms with van der Waals surface area (Å²) in [5, 5.41) is 19.0. The van der Waals surface area contributed by atoms with Crippen LogP contribution < -0.4 is 4.74 Å². The second-order valence-electron chi connectivity index (χ2n) is 6.45. The van der Waals surface area contributed by atoms with Gasteiger partial charge in [-0.05, 0) is 43.3 Å². The van der Waals surface area contributed by atoms with Crippen LogP contribution in [0.15, 0.2) is 53.4 Å². The van der Waals surface area contributed by atoms with E-state index in [2.05, 4.69) is 0 Å². The number of aliphatic hydroxyl groups is 2. The minimum absolute atomic E-state index is 0.0345. The lowest BCUT2D eigenvalue weighted by Crippen LogP contribution is -2.27. The van der Waals surface area contributed by atoms with Gasteiger partial charge in [0.2, 0.25) is 0 Å². The van der Waals surface area contributed by atoms with Crippen LogP contribution in [0.3, 0.4) is 0 Å². The lowest BCUT2D eigenvalue weighted by Gasteiger charge is -2.36. The molecule has 2 rings (SSSR count). The lowest BCUT2D eigenvalue weighted by atomic mass is 10.1. The fourth-order valence-electron chi connectivity index (χ4n) is 2.70. The molecule has 2 aromatic carbocycles. The van der Waals surface area contributed by atoms with Crippen molar-refractivity contribution in [2.45, 2.75) is 11.8 Å². The Morgan fingerprint density at radius 3 is 1.97 bits per heavy atom. The van der Waals surface area contributed by atoms with Gasteiger partial charge in [0.1, 0.15) is 5.75 Å². The van der Waals surface area contributed by atoms with Crippen LogP contribution in [0, 0.1) is 6.92 Å². The Labute approximate surface area is 172 Å². The summed E-state index contributed by atoms with van der Waals surface area (Å²) < 4.78 is 36.3. The van der Waals surface area contributed by atoms with Crippen molar-refractivity contribution in [1.82, 2.24) is 0 Å². The molecular weight excluding hydrogens is 416 g/mol. The molecule has 0 fully saturated rings. The quantitative estimate of drug-likeness (QED) is 0.514. The third-order valence-corrected chi connectivity index (χ3v) is 9.64. The molecule has 0 aliphatic heterocycles. The van der Waals surface area contributed by atoms with Crippen molar-refractivity contribution in [2.75, 3.05) is 37.6 Å². The number of aliphatic hydroxyl groups excluding tert-OH is 2. The maximum Gasteiger partial charge on any atom is 0.306 e. The van der Waals surface area contributed by atoms with Gasteiger partial charge in [0.15, 0.2) is 5.78 Å². The molecule has 0 radical (unpaired) electrons. The highest BCUT2D eigenvalue weighted by molar-refractivity contribution is 8.33. The summed E-state index contributed by atoms with van der Waals surface area (Å²) in [5.74, 6) is -0.0557. The van der Waals surface area contributed by atoms with Gasteiger partial charge >= 0.3 is 10.1 Å². The summed E-state index contributed by atoms with van der Waals surface area (Å²) >= 11 is 0. The predicted octanol–water partition coefficient (Wildman–Crippen LogP) is 2.30. The zero-order valence-corrected chi connectivity index (χ0v) is 18.0. The summed E-state index contributed by atoms with van der Waals surface area (Å²) in [5.41, 5.74) is 1.26. The van der Waals surface area contributed by atoms with E-state index in [9.17, 15) is 23.4 Å². The molecule has 0 saturated carbocycles. The molecule has 0 aromatic heterocycles. The topological polar surface area (TPSA) is 110 Å². The molecule has 2 aromatic rings. The fourth-order valence-corrected chi connectivity index (χ4v) is 7.55. The summed E-state index contributed by atoms with van der Waals surface area (Å²) in [7, 11) is -5.31. The van der Waals surface area contributed by atoms with E-state index in [4.69, 9.17) is 8.37 Å². The zero-order valence-electron chi connectivity index (χ0n) is 16.4. The number of carbonyl (C=O) groups excluding carboxylic acids is 1. The summed E-state index contributed by atoms with van der Waals surface area (Å²) in [6.45, 7) is 1.10. The van der Waals surface area contributed by atoms with Gasteiger partial charge in [0, 0.05) is 17.1 Å². The molecule has 0 saturated heterocycles. The van der Waals surface area contributed by atoms with Crippen LogP contribution in [0.4, 0.5) is 0 Å². The van der Waals surface area contributed by atoms with Crippen molar-refractivity contribution in [3.63, 3.8) is 0 Å². The average molecular weight is 443 g/mol. The van der Waals surface area contributed by atoms with E-state index in [1.807, 2.05) is 6.92 Å². The summed E-state index contributed by atoms with van der Waals surface area (Å²) in [6.07, 6.45) is 0. The molecule has 29 heavy (non-hydrogen) atoms. The van der Waals surface area contributed by atoms with Crippen LogP contribution in [0.2, 0.25) is 0 Å². The number of Topliss-reactive ketones (excluding diaryl/α,β-unsaturated/α-hetero) is 1. The van der Waals surface area contributed by atoms with Crippen molar-refractivity contribution < 1.29 is 31.8 Å². The largest absolute Gasteiger partial charge is 0.497 e. The van der Waals surface area contributed by atoms with E-state index in [0.717, 1.165) is 5.56 Å². The van der Waals surface area contributed by atoms with Gasteiger partial charge in [-0.3, -0.25) is 4.79 Å². The van der Waals surface area contributed by atoms with E-state index < -0.39 is 20.4 Å². The van der Waals surface area contributed by atoms with Crippen molar-refractivity contribution in [3.8, 4) is 5.75 Å². The van der Waals surface area contributed by atoms with Gasteiger partial charge in [0.25, 0.3) is 0 Å². The fraction of sp³-hybridized carbons (Fsp3) is 0.350. The summed E-state index contributed by atoms with van der Waals surface area (Å²) in [6, 6.07) is 12.6. The molecule has 0 unspecified atom stereocenters. The Morgan fingerprint density at radius 2 is 1.48 bits per heavy atom. The first kappa shape index (κ1) is 23.4. The normalized spacial score (nSPS) is 12.6. The number of ether oxygens (including phenoxy) is 1. The highest BCUT2D eigenvalue weighted by atomic mass is 32.3. The van der Waals surface area contributed by atoms with Gasteiger partial charge in [-0.15, -0.1) is 10.3 Å².